The van der Waals surface area contributed by atoms with Crippen LogP contribution >= 0.6 is 23.2 Å². The van der Waals surface area contributed by atoms with Gasteiger partial charge in [-0.15, -0.1) is 0 Å². The van der Waals surface area contributed by atoms with Crippen molar-refractivity contribution in [3.8, 4) is 0 Å². The summed E-state index contributed by atoms with van der Waals surface area (Å²) in [6, 6.07) is 12.7. The molecule has 2 aromatic carbocycles. The summed E-state index contributed by atoms with van der Waals surface area (Å²) in [4.78, 5) is 21.7. The maximum Gasteiger partial charge on any atom is 0.271 e. The first-order valence-electron chi connectivity index (χ1n) is 9.09. The van der Waals surface area contributed by atoms with Crippen molar-refractivity contribution in [1.82, 2.24) is 0 Å². The van der Waals surface area contributed by atoms with Crippen LogP contribution in [-0.4, -0.2) is 24.9 Å². The molecule has 1 aliphatic carbocycles. The molecule has 1 amide bonds. The van der Waals surface area contributed by atoms with Gasteiger partial charge in [-0.05, 0) is 42.4 Å². The Bertz CT molecular complexity index is 926. The Morgan fingerprint density at radius 1 is 1.21 bits per heavy atom. The highest BCUT2D eigenvalue weighted by molar-refractivity contribution is 6.45. The fraction of sp³-hybridized carbons (Fsp3) is 0.286. The minimum absolute atomic E-state index is 0.0353. The van der Waals surface area contributed by atoms with Crippen LogP contribution in [0.5, 0.6) is 0 Å². The second kappa shape index (κ2) is 9.76. The van der Waals surface area contributed by atoms with Crippen LogP contribution in [-0.2, 0) is 21.1 Å². The van der Waals surface area contributed by atoms with E-state index in [1.54, 1.807) is 18.3 Å². The van der Waals surface area contributed by atoms with Crippen LogP contribution in [0.2, 0.25) is 10.0 Å². The van der Waals surface area contributed by atoms with Crippen LogP contribution in [0.15, 0.2) is 52.8 Å². The van der Waals surface area contributed by atoms with Crippen LogP contribution in [0.25, 0.3) is 0 Å². The lowest BCUT2D eigenvalue weighted by molar-refractivity contribution is -0.112. The molecule has 1 saturated carbocycles. The molecule has 2 atom stereocenters. The number of amides is 1. The van der Waals surface area contributed by atoms with Crippen molar-refractivity contribution in [2.24, 2.45) is 22.0 Å². The Hall–Kier alpha value is -2.57. The highest BCUT2D eigenvalue weighted by Crippen LogP contribution is 2.53. The summed E-state index contributed by atoms with van der Waals surface area (Å²) in [5.41, 5.74) is 7.71. The van der Waals surface area contributed by atoms with E-state index in [9.17, 15) is 4.79 Å². The zero-order valence-electron chi connectivity index (χ0n) is 15.8. The molecular formula is C21H21Cl2N3O3. The third-order valence-corrected chi connectivity index (χ3v) is 5.42. The average molecular weight is 434 g/mol. The first-order valence-corrected chi connectivity index (χ1v) is 9.85. The molecule has 29 heavy (non-hydrogen) atoms. The van der Waals surface area contributed by atoms with Crippen molar-refractivity contribution in [2.45, 2.75) is 25.4 Å². The molecule has 0 heterocycles. The van der Waals surface area contributed by atoms with Crippen LogP contribution in [0.4, 0.5) is 0 Å². The van der Waals surface area contributed by atoms with Crippen molar-refractivity contribution < 1.29 is 14.5 Å². The first-order chi connectivity index (χ1) is 14.0. The number of oxime groups is 2. The molecule has 0 bridgehead atoms. The average Bonchev–Trinajstić information content (AvgIpc) is 3.45. The van der Waals surface area contributed by atoms with Crippen LogP contribution in [0, 0.1) is 5.92 Å². The number of hydrogen-bond donors (Lipinski definition) is 1. The molecule has 8 heteroatoms. The summed E-state index contributed by atoms with van der Waals surface area (Å²) in [7, 11) is 1.35. The monoisotopic (exact) mass is 433 g/mol. The lowest BCUT2D eigenvalue weighted by atomic mass is 10.0. The predicted molar refractivity (Wildman–Crippen MR) is 114 cm³/mol. The standard InChI is InChI=1S/C21H21Cl2N3O3/c1-28-26-20(21(24)27)15-6-3-2-5-14(15)12-29-25-10-9-13-11-16(13)19-17(22)7-4-8-18(19)23/h2-8,10,13,16H,9,11-12H2,1H3,(H2,24,27)/t13-,16-/m1/s1. The van der Waals surface area contributed by atoms with Gasteiger partial charge in [0, 0.05) is 27.4 Å². The molecule has 0 aromatic heterocycles. The highest BCUT2D eigenvalue weighted by atomic mass is 35.5. The van der Waals surface area contributed by atoms with Gasteiger partial charge in [-0.3, -0.25) is 4.79 Å². The van der Waals surface area contributed by atoms with E-state index in [1.807, 2.05) is 30.3 Å². The molecule has 0 saturated heterocycles. The first kappa shape index (κ1) is 21.1. The summed E-state index contributed by atoms with van der Waals surface area (Å²) in [5.74, 6) is 0.120. The minimum atomic E-state index is -0.680. The van der Waals surface area contributed by atoms with Gasteiger partial charge < -0.3 is 15.4 Å². The van der Waals surface area contributed by atoms with Crippen molar-refractivity contribution >= 4 is 41.0 Å². The van der Waals surface area contributed by atoms with Gasteiger partial charge in [-0.1, -0.05) is 63.8 Å². The van der Waals surface area contributed by atoms with Crippen molar-refractivity contribution in [1.29, 1.82) is 0 Å². The van der Waals surface area contributed by atoms with E-state index in [-0.39, 0.29) is 12.3 Å². The van der Waals surface area contributed by atoms with Gasteiger partial charge in [-0.25, -0.2) is 0 Å². The Labute approximate surface area is 179 Å². The van der Waals surface area contributed by atoms with E-state index in [4.69, 9.17) is 38.6 Å². The molecule has 0 radical (unpaired) electrons. The zero-order valence-corrected chi connectivity index (χ0v) is 17.4. The summed E-state index contributed by atoms with van der Waals surface area (Å²) >= 11 is 12.5. The molecule has 2 N–H and O–H groups in total. The highest BCUT2D eigenvalue weighted by Gasteiger charge is 2.39. The molecule has 3 rings (SSSR count). The van der Waals surface area contributed by atoms with Gasteiger partial charge in [0.05, 0.1) is 0 Å². The Morgan fingerprint density at radius 2 is 1.93 bits per heavy atom. The summed E-state index contributed by atoms with van der Waals surface area (Å²) < 4.78 is 0. The second-order valence-corrected chi connectivity index (χ2v) is 7.49. The number of primary amides is 1. The summed E-state index contributed by atoms with van der Waals surface area (Å²) in [6.45, 7) is 0.174. The lowest BCUT2D eigenvalue weighted by Crippen LogP contribution is -2.25. The number of carbonyl (C=O) groups excluding carboxylic acids is 1. The zero-order chi connectivity index (χ0) is 20.8. The third kappa shape index (κ3) is 5.28. The van der Waals surface area contributed by atoms with Crippen molar-refractivity contribution in [2.75, 3.05) is 7.11 Å². The van der Waals surface area contributed by atoms with Crippen LogP contribution < -0.4 is 5.73 Å². The SMILES string of the molecule is CON=C(C(N)=O)c1ccccc1CON=CC[C@@H]1C[C@H]1c1c(Cl)cccc1Cl. The van der Waals surface area contributed by atoms with Gasteiger partial charge in [0.25, 0.3) is 5.91 Å². The maximum absolute atomic E-state index is 11.6. The van der Waals surface area contributed by atoms with E-state index in [0.717, 1.165) is 24.0 Å². The number of nitrogens with two attached hydrogens (primary N) is 1. The maximum atomic E-state index is 11.6. The minimum Gasteiger partial charge on any atom is -0.398 e. The number of benzene rings is 2. The molecule has 152 valence electrons. The van der Waals surface area contributed by atoms with E-state index < -0.39 is 5.91 Å². The molecule has 0 spiro atoms. The number of carbonyl (C=O) groups is 1. The lowest BCUT2D eigenvalue weighted by Gasteiger charge is -2.08. The smallest absolute Gasteiger partial charge is 0.271 e. The van der Waals surface area contributed by atoms with Gasteiger partial charge in [0.15, 0.2) is 5.71 Å². The molecule has 0 unspecified atom stereocenters. The topological polar surface area (TPSA) is 86.3 Å². The van der Waals surface area contributed by atoms with E-state index in [2.05, 4.69) is 10.3 Å². The fourth-order valence-corrected chi connectivity index (χ4v) is 3.94. The predicted octanol–water partition coefficient (Wildman–Crippen LogP) is 4.53. The molecule has 0 aliphatic heterocycles. The Balaban J connectivity index is 1.55. The Morgan fingerprint density at radius 3 is 2.62 bits per heavy atom. The number of rotatable bonds is 9. The van der Waals surface area contributed by atoms with Gasteiger partial charge >= 0.3 is 0 Å². The molecular weight excluding hydrogens is 413 g/mol. The third-order valence-electron chi connectivity index (χ3n) is 4.76. The number of hydrogen-bond acceptors (Lipinski definition) is 5. The second-order valence-electron chi connectivity index (χ2n) is 6.68. The molecule has 6 nitrogen and oxygen atoms in total. The van der Waals surface area contributed by atoms with Gasteiger partial charge in [0.2, 0.25) is 0 Å². The number of nitrogens with zero attached hydrogens (tertiary/aromatic N) is 2. The van der Waals surface area contributed by atoms with Crippen molar-refractivity contribution in [3.63, 3.8) is 0 Å². The normalized spacial score (nSPS) is 18.7. The Kier molecular flexibility index (Phi) is 7.12. The fourth-order valence-electron chi connectivity index (χ4n) is 3.26. The van der Waals surface area contributed by atoms with Crippen LogP contribution in [0.1, 0.15) is 35.4 Å². The summed E-state index contributed by atoms with van der Waals surface area (Å²) in [6.07, 6.45) is 3.54. The molecule has 1 fully saturated rings. The largest absolute Gasteiger partial charge is 0.398 e. The quantitative estimate of drug-likeness (QED) is 0.465. The van der Waals surface area contributed by atoms with Gasteiger partial charge in [0.1, 0.15) is 13.7 Å². The summed E-state index contributed by atoms with van der Waals surface area (Å²) in [5, 5.41) is 9.15. The number of halogens is 2. The van der Waals surface area contributed by atoms with Crippen molar-refractivity contribution in [3.05, 3.63) is 69.2 Å². The van der Waals surface area contributed by atoms with E-state index >= 15 is 0 Å². The van der Waals surface area contributed by atoms with Gasteiger partial charge in [-0.2, -0.15) is 0 Å². The van der Waals surface area contributed by atoms with E-state index in [1.165, 1.54) is 7.11 Å². The van der Waals surface area contributed by atoms with Crippen LogP contribution in [0.3, 0.4) is 0 Å². The molecule has 2 aromatic rings. The van der Waals surface area contributed by atoms with E-state index in [0.29, 0.717) is 27.4 Å². The molecule has 1 aliphatic rings.